The summed E-state index contributed by atoms with van der Waals surface area (Å²) in [5.74, 6) is 0.551. The number of rotatable bonds is 2. The molecule has 0 bridgehead atoms. The summed E-state index contributed by atoms with van der Waals surface area (Å²) in [4.78, 5) is 0. The first-order valence-corrected chi connectivity index (χ1v) is 5.08. The number of hydrogen-bond acceptors (Lipinski definition) is 1. The molecule has 0 aromatic heterocycles. The van der Waals surface area contributed by atoms with Crippen LogP contribution >= 0.6 is 24.0 Å². The molecule has 2 atom stereocenters. The molecule has 0 aliphatic heterocycles. The maximum Gasteiger partial charge on any atom is 0.0406 e. The van der Waals surface area contributed by atoms with Gasteiger partial charge < -0.3 is 5.73 Å². The summed E-state index contributed by atoms with van der Waals surface area (Å²) >= 11 is 5.81. The lowest BCUT2D eigenvalue weighted by Crippen LogP contribution is -2.22. The van der Waals surface area contributed by atoms with Crippen LogP contribution in [0.3, 0.4) is 0 Å². The smallest absolute Gasteiger partial charge is 0.0406 e. The van der Waals surface area contributed by atoms with Gasteiger partial charge in [-0.2, -0.15) is 0 Å². The molecule has 14 heavy (non-hydrogen) atoms. The Labute approximate surface area is 96.0 Å². The van der Waals surface area contributed by atoms with Crippen molar-refractivity contribution in [2.24, 2.45) is 5.73 Å². The first-order chi connectivity index (χ1) is 6.15. The fourth-order valence-electron chi connectivity index (χ4n) is 1.86. The molecule has 0 heterocycles. The topological polar surface area (TPSA) is 26.0 Å². The molecule has 0 spiro atoms. The summed E-state index contributed by atoms with van der Waals surface area (Å²) in [6.07, 6.45) is 2.17. The number of halogens is 2. The van der Waals surface area contributed by atoms with Gasteiger partial charge in [-0.1, -0.05) is 30.7 Å². The zero-order valence-electron chi connectivity index (χ0n) is 8.16. The van der Waals surface area contributed by atoms with Crippen molar-refractivity contribution in [1.82, 2.24) is 0 Å². The van der Waals surface area contributed by atoms with Crippen molar-refractivity contribution in [3.8, 4) is 0 Å². The van der Waals surface area contributed by atoms with E-state index in [4.69, 9.17) is 17.3 Å². The number of hydrogen-bond donors (Lipinski definition) is 1. The van der Waals surface area contributed by atoms with Gasteiger partial charge in [0.05, 0.1) is 0 Å². The molecule has 1 fully saturated rings. The van der Waals surface area contributed by atoms with Crippen LogP contribution in [0.2, 0.25) is 5.02 Å². The molecule has 2 rings (SSSR count). The quantitative estimate of drug-likeness (QED) is 0.831. The predicted molar refractivity (Wildman–Crippen MR) is 63.3 cm³/mol. The lowest BCUT2D eigenvalue weighted by atomic mass is 10.1. The Morgan fingerprint density at radius 1 is 1.43 bits per heavy atom. The second kappa shape index (κ2) is 4.09. The molecular formula is C11H15Cl2N. The highest BCUT2D eigenvalue weighted by Crippen LogP contribution is 2.51. The van der Waals surface area contributed by atoms with Crippen molar-refractivity contribution < 1.29 is 0 Å². The van der Waals surface area contributed by atoms with Crippen molar-refractivity contribution in [2.45, 2.75) is 31.2 Å². The predicted octanol–water partition coefficient (Wildman–Crippen LogP) is 3.36. The Bertz CT molecular complexity index is 310. The third-order valence-corrected chi connectivity index (χ3v) is 3.30. The van der Waals surface area contributed by atoms with E-state index in [-0.39, 0.29) is 17.9 Å². The molecule has 0 radical (unpaired) electrons. The van der Waals surface area contributed by atoms with Crippen molar-refractivity contribution in [3.05, 3.63) is 34.9 Å². The Balaban J connectivity index is 0.000000980. The SMILES string of the molecule is CC[C@]1(N)C[C@@H]1c1ccc(Cl)cc1.Cl. The van der Waals surface area contributed by atoms with E-state index in [2.05, 4.69) is 19.1 Å². The van der Waals surface area contributed by atoms with E-state index in [1.54, 1.807) is 0 Å². The average Bonchev–Trinajstić information content (AvgIpc) is 2.81. The van der Waals surface area contributed by atoms with Gasteiger partial charge in [-0.3, -0.25) is 0 Å². The molecule has 1 aromatic rings. The van der Waals surface area contributed by atoms with Crippen molar-refractivity contribution >= 4 is 24.0 Å². The van der Waals surface area contributed by atoms with Gasteiger partial charge in [0.15, 0.2) is 0 Å². The van der Waals surface area contributed by atoms with Crippen molar-refractivity contribution in [2.75, 3.05) is 0 Å². The summed E-state index contributed by atoms with van der Waals surface area (Å²) in [7, 11) is 0. The fraction of sp³-hybridized carbons (Fsp3) is 0.455. The van der Waals surface area contributed by atoms with Gasteiger partial charge in [0.25, 0.3) is 0 Å². The van der Waals surface area contributed by atoms with Crippen LogP contribution in [0, 0.1) is 0 Å². The van der Waals surface area contributed by atoms with Crippen LogP contribution in [0.15, 0.2) is 24.3 Å². The van der Waals surface area contributed by atoms with E-state index in [1.807, 2.05) is 12.1 Å². The van der Waals surface area contributed by atoms with E-state index in [1.165, 1.54) is 5.56 Å². The summed E-state index contributed by atoms with van der Waals surface area (Å²) in [5, 5.41) is 0.795. The standard InChI is InChI=1S/C11H14ClN.ClH/c1-2-11(13)7-10(11)8-3-5-9(12)6-4-8;/h3-6,10H,2,7,13H2,1H3;1H/t10-,11+;/m1./s1. The van der Waals surface area contributed by atoms with E-state index < -0.39 is 0 Å². The molecule has 1 aromatic carbocycles. The lowest BCUT2D eigenvalue weighted by molar-refractivity contribution is 0.626. The minimum atomic E-state index is 0. The first kappa shape index (κ1) is 11.8. The van der Waals surface area contributed by atoms with E-state index in [0.717, 1.165) is 17.9 Å². The number of benzene rings is 1. The van der Waals surface area contributed by atoms with Crippen molar-refractivity contribution in [1.29, 1.82) is 0 Å². The maximum absolute atomic E-state index is 6.13. The third kappa shape index (κ3) is 2.05. The molecule has 1 saturated carbocycles. The van der Waals surface area contributed by atoms with Crippen LogP contribution in [0.1, 0.15) is 31.2 Å². The first-order valence-electron chi connectivity index (χ1n) is 4.70. The highest BCUT2D eigenvalue weighted by molar-refractivity contribution is 6.30. The minimum Gasteiger partial charge on any atom is -0.325 e. The molecule has 0 saturated heterocycles. The van der Waals surface area contributed by atoms with Gasteiger partial charge in [0, 0.05) is 16.5 Å². The lowest BCUT2D eigenvalue weighted by Gasteiger charge is -2.07. The van der Waals surface area contributed by atoms with Gasteiger partial charge in [-0.05, 0) is 30.5 Å². The van der Waals surface area contributed by atoms with Crippen LogP contribution < -0.4 is 5.73 Å². The largest absolute Gasteiger partial charge is 0.325 e. The number of nitrogens with two attached hydrogens (primary N) is 1. The van der Waals surface area contributed by atoms with Crippen molar-refractivity contribution in [3.63, 3.8) is 0 Å². The Hall–Kier alpha value is -0.240. The highest BCUT2D eigenvalue weighted by Gasteiger charge is 2.49. The monoisotopic (exact) mass is 231 g/mol. The maximum atomic E-state index is 6.13. The van der Waals surface area contributed by atoms with Gasteiger partial charge in [0.2, 0.25) is 0 Å². The molecule has 2 N–H and O–H groups in total. The normalized spacial score (nSPS) is 29.5. The second-order valence-electron chi connectivity index (χ2n) is 3.89. The Kier molecular flexibility index (Phi) is 3.46. The van der Waals surface area contributed by atoms with Crippen LogP contribution in [-0.4, -0.2) is 5.54 Å². The zero-order chi connectivity index (χ0) is 9.47. The molecule has 0 amide bonds. The molecule has 1 nitrogen and oxygen atoms in total. The Morgan fingerprint density at radius 2 is 2.00 bits per heavy atom. The van der Waals surface area contributed by atoms with E-state index >= 15 is 0 Å². The van der Waals surface area contributed by atoms with E-state index in [0.29, 0.717) is 5.92 Å². The molecular weight excluding hydrogens is 217 g/mol. The summed E-state index contributed by atoms with van der Waals surface area (Å²) in [6.45, 7) is 2.15. The van der Waals surface area contributed by atoms with Gasteiger partial charge >= 0.3 is 0 Å². The zero-order valence-corrected chi connectivity index (χ0v) is 9.74. The molecule has 1 aliphatic carbocycles. The van der Waals surface area contributed by atoms with Crippen LogP contribution in [0.5, 0.6) is 0 Å². The van der Waals surface area contributed by atoms with Gasteiger partial charge in [-0.15, -0.1) is 12.4 Å². The van der Waals surface area contributed by atoms with Crippen LogP contribution in [-0.2, 0) is 0 Å². The van der Waals surface area contributed by atoms with E-state index in [9.17, 15) is 0 Å². The second-order valence-corrected chi connectivity index (χ2v) is 4.33. The summed E-state index contributed by atoms with van der Waals surface area (Å²) in [5.41, 5.74) is 7.52. The Morgan fingerprint density at radius 3 is 2.43 bits per heavy atom. The summed E-state index contributed by atoms with van der Waals surface area (Å²) in [6, 6.07) is 8.03. The van der Waals surface area contributed by atoms with Crippen LogP contribution in [0.4, 0.5) is 0 Å². The highest BCUT2D eigenvalue weighted by atomic mass is 35.5. The molecule has 3 heteroatoms. The third-order valence-electron chi connectivity index (χ3n) is 3.05. The fourth-order valence-corrected chi connectivity index (χ4v) is 1.98. The summed E-state index contributed by atoms with van der Waals surface area (Å²) < 4.78 is 0. The minimum absolute atomic E-state index is 0. The van der Waals surface area contributed by atoms with Gasteiger partial charge in [-0.25, -0.2) is 0 Å². The van der Waals surface area contributed by atoms with Gasteiger partial charge in [0.1, 0.15) is 0 Å². The molecule has 78 valence electrons. The van der Waals surface area contributed by atoms with Crippen LogP contribution in [0.25, 0.3) is 0 Å². The average molecular weight is 232 g/mol. The molecule has 1 aliphatic rings. The molecule has 0 unspecified atom stereocenters.